The Bertz CT molecular complexity index is 748. The van der Waals surface area contributed by atoms with Crippen LogP contribution in [0.1, 0.15) is 19.4 Å². The van der Waals surface area contributed by atoms with E-state index in [-0.39, 0.29) is 6.54 Å². The number of benzene rings is 1. The highest BCUT2D eigenvalue weighted by atomic mass is 79.9. The third-order valence-corrected chi connectivity index (χ3v) is 4.15. The van der Waals surface area contributed by atoms with Crippen molar-refractivity contribution >= 4 is 45.4 Å². The van der Waals surface area contributed by atoms with Crippen LogP contribution in [0.15, 0.2) is 22.7 Å². The molecule has 1 fully saturated rings. The van der Waals surface area contributed by atoms with Crippen LogP contribution >= 0.6 is 15.9 Å². The minimum atomic E-state index is -1.03. The number of aryl methyl sites for hydroxylation is 1. The van der Waals surface area contributed by atoms with E-state index in [1.807, 2.05) is 13.0 Å². The Kier molecular flexibility index (Phi) is 5.46. The number of nitrogens with zero attached hydrogens (tertiary/aromatic N) is 1. The van der Waals surface area contributed by atoms with E-state index in [1.54, 1.807) is 26.0 Å². The third kappa shape index (κ3) is 4.56. The fourth-order valence-electron chi connectivity index (χ4n) is 2.30. The molecular weight excluding hydrogens is 392 g/mol. The molecule has 1 aliphatic rings. The standard InChI is InChI=1S/C16H19BrN4O4/c1-9-6-10(17)4-5-11(9)19-12(22)7-18-13(23)8-21-14(24)16(2,3)20-15(21)25/h4-6H,7-8H2,1-3H3,(H,18,23)(H,19,22)(H,20,25). The van der Waals surface area contributed by atoms with Gasteiger partial charge in [-0.1, -0.05) is 15.9 Å². The van der Waals surface area contributed by atoms with E-state index in [0.29, 0.717) is 5.69 Å². The van der Waals surface area contributed by atoms with E-state index in [1.165, 1.54) is 0 Å². The van der Waals surface area contributed by atoms with Crippen LogP contribution in [0.3, 0.4) is 0 Å². The lowest BCUT2D eigenvalue weighted by molar-refractivity contribution is -0.134. The molecule has 0 spiro atoms. The van der Waals surface area contributed by atoms with Crippen molar-refractivity contribution in [1.29, 1.82) is 0 Å². The van der Waals surface area contributed by atoms with Crippen molar-refractivity contribution in [3.63, 3.8) is 0 Å². The molecule has 1 heterocycles. The van der Waals surface area contributed by atoms with E-state index >= 15 is 0 Å². The van der Waals surface area contributed by atoms with Gasteiger partial charge in [0.2, 0.25) is 11.8 Å². The zero-order valence-electron chi connectivity index (χ0n) is 14.1. The molecule has 0 radical (unpaired) electrons. The maximum atomic E-state index is 12.0. The van der Waals surface area contributed by atoms with E-state index < -0.39 is 35.8 Å². The highest BCUT2D eigenvalue weighted by Crippen LogP contribution is 2.20. The van der Waals surface area contributed by atoms with Crippen molar-refractivity contribution in [2.75, 3.05) is 18.4 Å². The fourth-order valence-corrected chi connectivity index (χ4v) is 2.78. The smallest absolute Gasteiger partial charge is 0.325 e. The van der Waals surface area contributed by atoms with E-state index in [2.05, 4.69) is 31.9 Å². The van der Waals surface area contributed by atoms with Crippen LogP contribution in [0.5, 0.6) is 0 Å². The minimum absolute atomic E-state index is 0.263. The summed E-state index contributed by atoms with van der Waals surface area (Å²) in [5.41, 5.74) is 0.474. The fraction of sp³-hybridized carbons (Fsp3) is 0.375. The number of anilines is 1. The summed E-state index contributed by atoms with van der Waals surface area (Å²) in [6.07, 6.45) is 0. The van der Waals surface area contributed by atoms with Crippen LogP contribution in [-0.4, -0.2) is 47.3 Å². The number of rotatable bonds is 5. The number of amides is 5. The number of halogens is 1. The second kappa shape index (κ2) is 7.22. The highest BCUT2D eigenvalue weighted by Gasteiger charge is 2.44. The summed E-state index contributed by atoms with van der Waals surface area (Å²) >= 11 is 3.34. The molecule has 25 heavy (non-hydrogen) atoms. The first-order chi connectivity index (χ1) is 11.6. The Balaban J connectivity index is 1.85. The SMILES string of the molecule is Cc1cc(Br)ccc1NC(=O)CNC(=O)CN1C(=O)NC(C)(C)C1=O. The van der Waals surface area contributed by atoms with Crippen molar-refractivity contribution in [3.8, 4) is 0 Å². The summed E-state index contributed by atoms with van der Waals surface area (Å²) in [6, 6.07) is 4.77. The summed E-state index contributed by atoms with van der Waals surface area (Å²) in [4.78, 5) is 48.4. The van der Waals surface area contributed by atoms with Gasteiger partial charge in [-0.3, -0.25) is 19.3 Å². The number of imide groups is 1. The molecule has 0 aromatic heterocycles. The Labute approximate surface area is 153 Å². The second-order valence-corrected chi connectivity index (χ2v) is 7.15. The first kappa shape index (κ1) is 18.9. The first-order valence-corrected chi connectivity index (χ1v) is 8.36. The molecule has 8 nitrogen and oxygen atoms in total. The van der Waals surface area contributed by atoms with Crippen LogP contribution in [0.2, 0.25) is 0 Å². The van der Waals surface area contributed by atoms with Crippen LogP contribution in [0.4, 0.5) is 10.5 Å². The number of carbonyl (C=O) groups excluding carboxylic acids is 4. The molecule has 1 aromatic rings. The highest BCUT2D eigenvalue weighted by molar-refractivity contribution is 9.10. The molecule has 5 amide bonds. The van der Waals surface area contributed by atoms with E-state index in [0.717, 1.165) is 14.9 Å². The maximum Gasteiger partial charge on any atom is 0.325 e. The minimum Gasteiger partial charge on any atom is -0.345 e. The molecular formula is C16H19BrN4O4. The van der Waals surface area contributed by atoms with Crippen molar-refractivity contribution in [3.05, 3.63) is 28.2 Å². The van der Waals surface area contributed by atoms with E-state index in [4.69, 9.17) is 0 Å². The Hall–Kier alpha value is -2.42. The number of urea groups is 1. The first-order valence-electron chi connectivity index (χ1n) is 7.57. The average molecular weight is 411 g/mol. The lowest BCUT2D eigenvalue weighted by Crippen LogP contribution is -2.44. The second-order valence-electron chi connectivity index (χ2n) is 6.23. The number of nitrogens with one attached hydrogen (secondary N) is 3. The van der Waals surface area contributed by atoms with Crippen molar-refractivity contribution in [1.82, 2.24) is 15.5 Å². The number of hydrogen-bond acceptors (Lipinski definition) is 4. The molecule has 1 aromatic carbocycles. The molecule has 134 valence electrons. The Morgan fingerprint density at radius 3 is 2.48 bits per heavy atom. The van der Waals surface area contributed by atoms with Gasteiger partial charge in [-0.25, -0.2) is 4.79 Å². The molecule has 1 saturated heterocycles. The molecule has 9 heteroatoms. The van der Waals surface area contributed by atoms with Crippen molar-refractivity contribution in [2.24, 2.45) is 0 Å². The summed E-state index contributed by atoms with van der Waals surface area (Å²) in [6.45, 7) is 4.26. The zero-order valence-corrected chi connectivity index (χ0v) is 15.7. The van der Waals surface area contributed by atoms with Crippen molar-refractivity contribution < 1.29 is 19.2 Å². The van der Waals surface area contributed by atoms with Crippen LogP contribution in [0, 0.1) is 6.92 Å². The van der Waals surface area contributed by atoms with Gasteiger partial charge in [0.25, 0.3) is 5.91 Å². The molecule has 0 aliphatic carbocycles. The van der Waals surface area contributed by atoms with Gasteiger partial charge < -0.3 is 16.0 Å². The lowest BCUT2D eigenvalue weighted by Gasteiger charge is -2.15. The van der Waals surface area contributed by atoms with Crippen LogP contribution < -0.4 is 16.0 Å². The quantitative estimate of drug-likeness (QED) is 0.632. The number of hydrogen-bond donors (Lipinski definition) is 3. The Morgan fingerprint density at radius 2 is 1.92 bits per heavy atom. The predicted molar refractivity (Wildman–Crippen MR) is 94.8 cm³/mol. The topological polar surface area (TPSA) is 108 Å². The largest absolute Gasteiger partial charge is 0.345 e. The zero-order chi connectivity index (χ0) is 18.8. The van der Waals surface area contributed by atoms with Gasteiger partial charge in [0, 0.05) is 10.2 Å². The molecule has 0 unspecified atom stereocenters. The maximum absolute atomic E-state index is 12.0. The monoisotopic (exact) mass is 410 g/mol. The number of carbonyl (C=O) groups is 4. The van der Waals surface area contributed by atoms with Gasteiger partial charge in [0.05, 0.1) is 6.54 Å². The third-order valence-electron chi connectivity index (χ3n) is 3.65. The van der Waals surface area contributed by atoms with Gasteiger partial charge in [0.15, 0.2) is 0 Å². The molecule has 3 N–H and O–H groups in total. The summed E-state index contributed by atoms with van der Waals surface area (Å²) < 4.78 is 0.896. The predicted octanol–water partition coefficient (Wildman–Crippen LogP) is 1.14. The van der Waals surface area contributed by atoms with Gasteiger partial charge in [-0.2, -0.15) is 0 Å². The van der Waals surface area contributed by atoms with E-state index in [9.17, 15) is 19.2 Å². The summed E-state index contributed by atoms with van der Waals surface area (Å²) in [5.74, 6) is -1.48. The van der Waals surface area contributed by atoms with Gasteiger partial charge in [0.1, 0.15) is 12.1 Å². The summed E-state index contributed by atoms with van der Waals surface area (Å²) in [5, 5.41) is 7.56. The molecule has 2 rings (SSSR count). The normalized spacial score (nSPS) is 15.8. The van der Waals surface area contributed by atoms with Gasteiger partial charge in [-0.15, -0.1) is 0 Å². The average Bonchev–Trinajstić information content (AvgIpc) is 2.70. The van der Waals surface area contributed by atoms with Crippen LogP contribution in [-0.2, 0) is 14.4 Å². The Morgan fingerprint density at radius 1 is 1.24 bits per heavy atom. The van der Waals surface area contributed by atoms with Crippen molar-refractivity contribution in [2.45, 2.75) is 26.3 Å². The lowest BCUT2D eigenvalue weighted by atomic mass is 10.1. The summed E-state index contributed by atoms with van der Waals surface area (Å²) in [7, 11) is 0. The molecule has 0 saturated carbocycles. The molecule has 0 atom stereocenters. The van der Waals surface area contributed by atoms with Gasteiger partial charge in [-0.05, 0) is 44.5 Å². The molecule has 1 aliphatic heterocycles. The molecule has 0 bridgehead atoms. The van der Waals surface area contributed by atoms with Crippen LogP contribution in [0.25, 0.3) is 0 Å². The van der Waals surface area contributed by atoms with Gasteiger partial charge >= 0.3 is 6.03 Å².